The van der Waals surface area contributed by atoms with Gasteiger partial charge in [-0.3, -0.25) is 0 Å². The molecule has 3 heteroatoms. The van der Waals surface area contributed by atoms with Gasteiger partial charge in [-0.05, 0) is 37.0 Å². The summed E-state index contributed by atoms with van der Waals surface area (Å²) in [5.74, 6) is 0.145. The van der Waals surface area contributed by atoms with Gasteiger partial charge >= 0.3 is 0 Å². The first-order chi connectivity index (χ1) is 6.68. The van der Waals surface area contributed by atoms with Crippen molar-refractivity contribution in [2.75, 3.05) is 0 Å². The number of halogens is 1. The second kappa shape index (κ2) is 3.18. The lowest BCUT2D eigenvalue weighted by atomic mass is 9.65. The fourth-order valence-corrected chi connectivity index (χ4v) is 2.22. The zero-order valence-electron chi connectivity index (χ0n) is 7.63. The summed E-state index contributed by atoms with van der Waals surface area (Å²) in [7, 11) is 0. The molecule has 0 aromatic heterocycles. The summed E-state index contributed by atoms with van der Waals surface area (Å²) in [6, 6.07) is 7.15. The minimum atomic E-state index is -0.398. The van der Waals surface area contributed by atoms with Crippen LogP contribution in [-0.2, 0) is 5.41 Å². The molecule has 2 nitrogen and oxygen atoms in total. The lowest BCUT2D eigenvalue weighted by Gasteiger charge is -2.36. The molecule has 0 saturated heterocycles. The van der Waals surface area contributed by atoms with Crippen molar-refractivity contribution >= 4 is 11.6 Å². The topological polar surface area (TPSA) is 44.0 Å². The van der Waals surface area contributed by atoms with Gasteiger partial charge in [0.05, 0.1) is 11.5 Å². The molecule has 0 atom stereocenters. The van der Waals surface area contributed by atoms with Gasteiger partial charge in [-0.2, -0.15) is 5.26 Å². The average Bonchev–Trinajstić information content (AvgIpc) is 2.07. The zero-order valence-corrected chi connectivity index (χ0v) is 8.38. The van der Waals surface area contributed by atoms with Gasteiger partial charge in [-0.25, -0.2) is 0 Å². The van der Waals surface area contributed by atoms with Crippen LogP contribution >= 0.6 is 11.6 Å². The summed E-state index contributed by atoms with van der Waals surface area (Å²) in [6.07, 6.45) is 2.81. The van der Waals surface area contributed by atoms with Gasteiger partial charge in [0.1, 0.15) is 5.75 Å². The summed E-state index contributed by atoms with van der Waals surface area (Å²) in [4.78, 5) is 0. The van der Waals surface area contributed by atoms with Gasteiger partial charge in [0, 0.05) is 5.02 Å². The van der Waals surface area contributed by atoms with Gasteiger partial charge in [0.15, 0.2) is 0 Å². The molecular formula is C11H10ClNO. The van der Waals surface area contributed by atoms with E-state index in [2.05, 4.69) is 6.07 Å². The molecule has 14 heavy (non-hydrogen) atoms. The standard InChI is InChI=1S/C11H10ClNO/c12-10-6-8(14)2-3-9(10)11(7-13)4-1-5-11/h2-3,6,14H,1,4-5H2. The van der Waals surface area contributed by atoms with E-state index in [-0.39, 0.29) is 5.75 Å². The molecule has 1 aromatic carbocycles. The van der Waals surface area contributed by atoms with Gasteiger partial charge < -0.3 is 5.11 Å². The number of phenols is 1. The minimum absolute atomic E-state index is 0.145. The normalized spacial score (nSPS) is 18.3. The molecule has 0 unspecified atom stereocenters. The summed E-state index contributed by atoms with van der Waals surface area (Å²) in [5, 5.41) is 18.8. The summed E-state index contributed by atoms with van der Waals surface area (Å²) in [6.45, 7) is 0. The van der Waals surface area contributed by atoms with E-state index in [9.17, 15) is 5.11 Å². The Kier molecular flexibility index (Phi) is 2.13. The average molecular weight is 208 g/mol. The number of hydrogen-bond donors (Lipinski definition) is 1. The van der Waals surface area contributed by atoms with E-state index in [4.69, 9.17) is 16.9 Å². The van der Waals surface area contributed by atoms with Crippen molar-refractivity contribution in [3.63, 3.8) is 0 Å². The first kappa shape index (κ1) is 9.36. The molecule has 0 bridgehead atoms. The Morgan fingerprint density at radius 3 is 2.57 bits per heavy atom. The molecule has 72 valence electrons. The maximum Gasteiger partial charge on any atom is 0.117 e. The number of phenolic OH excluding ortho intramolecular Hbond substituents is 1. The highest BCUT2D eigenvalue weighted by Crippen LogP contribution is 2.46. The van der Waals surface area contributed by atoms with Gasteiger partial charge in [-0.15, -0.1) is 0 Å². The summed E-state index contributed by atoms with van der Waals surface area (Å²) in [5.41, 5.74) is 0.454. The van der Waals surface area contributed by atoms with Crippen LogP contribution in [0.2, 0.25) is 5.02 Å². The molecule has 1 aliphatic rings. The monoisotopic (exact) mass is 207 g/mol. The molecule has 1 aromatic rings. The van der Waals surface area contributed by atoms with E-state index in [1.165, 1.54) is 6.07 Å². The number of nitriles is 1. The first-order valence-corrected chi connectivity index (χ1v) is 4.96. The van der Waals surface area contributed by atoms with E-state index in [0.717, 1.165) is 24.8 Å². The molecule has 0 aliphatic heterocycles. The number of hydrogen-bond acceptors (Lipinski definition) is 2. The fourth-order valence-electron chi connectivity index (χ4n) is 1.86. The molecule has 1 fully saturated rings. The van der Waals surface area contributed by atoms with E-state index >= 15 is 0 Å². The number of rotatable bonds is 1. The van der Waals surface area contributed by atoms with Crippen LogP contribution in [0.5, 0.6) is 5.75 Å². The maximum absolute atomic E-state index is 9.20. The first-order valence-electron chi connectivity index (χ1n) is 4.58. The number of benzene rings is 1. The maximum atomic E-state index is 9.20. The second-order valence-corrected chi connectivity index (χ2v) is 4.12. The lowest BCUT2D eigenvalue weighted by Crippen LogP contribution is -2.32. The molecule has 0 radical (unpaired) electrons. The van der Waals surface area contributed by atoms with E-state index in [1.807, 2.05) is 0 Å². The van der Waals surface area contributed by atoms with Crippen LogP contribution < -0.4 is 0 Å². The number of aromatic hydroxyl groups is 1. The third kappa shape index (κ3) is 1.25. The van der Waals surface area contributed by atoms with Crippen molar-refractivity contribution in [1.82, 2.24) is 0 Å². The third-order valence-corrected chi connectivity index (χ3v) is 3.20. The highest BCUT2D eigenvalue weighted by Gasteiger charge is 2.40. The molecule has 2 rings (SSSR count). The van der Waals surface area contributed by atoms with Crippen molar-refractivity contribution < 1.29 is 5.11 Å². The largest absolute Gasteiger partial charge is 0.508 e. The molecule has 1 saturated carbocycles. The van der Waals surface area contributed by atoms with Gasteiger partial charge in [0.2, 0.25) is 0 Å². The highest BCUT2D eigenvalue weighted by atomic mass is 35.5. The predicted molar refractivity (Wildman–Crippen MR) is 54.3 cm³/mol. The zero-order chi connectivity index (χ0) is 10.2. The Morgan fingerprint density at radius 1 is 1.43 bits per heavy atom. The Hall–Kier alpha value is -1.20. The van der Waals surface area contributed by atoms with Crippen molar-refractivity contribution in [2.24, 2.45) is 0 Å². The third-order valence-electron chi connectivity index (χ3n) is 2.89. The van der Waals surface area contributed by atoms with Crippen LogP contribution in [0.15, 0.2) is 18.2 Å². The van der Waals surface area contributed by atoms with Crippen LogP contribution in [0.1, 0.15) is 24.8 Å². The molecule has 0 amide bonds. The highest BCUT2D eigenvalue weighted by molar-refractivity contribution is 6.31. The quantitative estimate of drug-likeness (QED) is 0.770. The Bertz CT molecular complexity index is 404. The molecule has 0 spiro atoms. The molecule has 0 heterocycles. The van der Waals surface area contributed by atoms with Crippen LogP contribution in [0.25, 0.3) is 0 Å². The van der Waals surface area contributed by atoms with Crippen molar-refractivity contribution in [3.05, 3.63) is 28.8 Å². The Balaban J connectivity index is 2.46. The lowest BCUT2D eigenvalue weighted by molar-refractivity contribution is 0.324. The summed E-state index contributed by atoms with van der Waals surface area (Å²) >= 11 is 5.99. The predicted octanol–water partition coefficient (Wildman–Crippen LogP) is 2.99. The van der Waals surface area contributed by atoms with Crippen LogP contribution in [0.3, 0.4) is 0 Å². The van der Waals surface area contributed by atoms with Gasteiger partial charge in [0.25, 0.3) is 0 Å². The molecule has 1 N–H and O–H groups in total. The van der Waals surface area contributed by atoms with Crippen molar-refractivity contribution in [3.8, 4) is 11.8 Å². The molecule has 1 aliphatic carbocycles. The number of nitrogens with zero attached hydrogens (tertiary/aromatic N) is 1. The SMILES string of the molecule is N#CC1(c2ccc(O)cc2Cl)CCC1. The van der Waals surface area contributed by atoms with Crippen LogP contribution in [0.4, 0.5) is 0 Å². The van der Waals surface area contributed by atoms with E-state index < -0.39 is 5.41 Å². The fraction of sp³-hybridized carbons (Fsp3) is 0.364. The Labute approximate surface area is 87.7 Å². The van der Waals surface area contributed by atoms with E-state index in [1.54, 1.807) is 12.1 Å². The van der Waals surface area contributed by atoms with Crippen molar-refractivity contribution in [2.45, 2.75) is 24.7 Å². The Morgan fingerprint density at radius 2 is 2.14 bits per heavy atom. The van der Waals surface area contributed by atoms with Gasteiger partial charge in [-0.1, -0.05) is 17.7 Å². The minimum Gasteiger partial charge on any atom is -0.508 e. The van der Waals surface area contributed by atoms with Crippen LogP contribution in [0, 0.1) is 11.3 Å². The smallest absolute Gasteiger partial charge is 0.117 e. The molecular weight excluding hydrogens is 198 g/mol. The van der Waals surface area contributed by atoms with Crippen LogP contribution in [-0.4, -0.2) is 5.11 Å². The van der Waals surface area contributed by atoms with E-state index in [0.29, 0.717) is 5.02 Å². The summed E-state index contributed by atoms with van der Waals surface area (Å²) < 4.78 is 0. The van der Waals surface area contributed by atoms with Crippen molar-refractivity contribution in [1.29, 1.82) is 5.26 Å². The second-order valence-electron chi connectivity index (χ2n) is 3.71.